The van der Waals surface area contributed by atoms with Crippen LogP contribution in [-0.2, 0) is 6.54 Å². The second-order valence-corrected chi connectivity index (χ2v) is 10.2. The first-order valence-electron chi connectivity index (χ1n) is 11.2. The fourth-order valence-electron chi connectivity index (χ4n) is 3.93. The number of nitrogens with one attached hydrogen (secondary N) is 1. The number of fused-ring (bicyclic) bond motifs is 1. The van der Waals surface area contributed by atoms with Gasteiger partial charge in [0.2, 0.25) is 5.95 Å². The molecule has 0 bridgehead atoms. The van der Waals surface area contributed by atoms with Crippen molar-refractivity contribution in [1.29, 1.82) is 0 Å². The van der Waals surface area contributed by atoms with Crippen LogP contribution in [0.25, 0.3) is 21.5 Å². The van der Waals surface area contributed by atoms with E-state index in [4.69, 9.17) is 4.74 Å². The van der Waals surface area contributed by atoms with Gasteiger partial charge in [0.25, 0.3) is 11.6 Å². The number of aromatic nitrogens is 3. The Morgan fingerprint density at radius 2 is 2.17 bits per heavy atom. The molecule has 36 heavy (non-hydrogen) atoms. The van der Waals surface area contributed by atoms with Gasteiger partial charge in [-0.1, -0.05) is 22.9 Å². The van der Waals surface area contributed by atoms with Crippen molar-refractivity contribution in [2.45, 2.75) is 26.3 Å². The molecule has 1 aromatic carbocycles. The number of anilines is 1. The van der Waals surface area contributed by atoms with Gasteiger partial charge in [0.1, 0.15) is 10.6 Å². The van der Waals surface area contributed by atoms with E-state index in [1.165, 1.54) is 25.6 Å². The van der Waals surface area contributed by atoms with Crippen LogP contribution in [0, 0.1) is 16.0 Å². The lowest BCUT2D eigenvalue weighted by Crippen LogP contribution is -2.17. The third-order valence-corrected chi connectivity index (χ3v) is 7.31. The molecule has 4 aromatic rings. The summed E-state index contributed by atoms with van der Waals surface area (Å²) in [5.74, 6) is 0.485. The van der Waals surface area contributed by atoms with E-state index < -0.39 is 10.8 Å². The topological polar surface area (TPSA) is 132 Å². The molecule has 12 heteroatoms. The molecule has 0 fully saturated rings. The molecular weight excluding hydrogens is 550 g/mol. The highest BCUT2D eigenvalue weighted by Crippen LogP contribution is 2.42. The monoisotopic (exact) mass is 573 g/mol. The van der Waals surface area contributed by atoms with Gasteiger partial charge in [-0.3, -0.25) is 25.2 Å². The molecular formula is C24H24BrN5O5S. The summed E-state index contributed by atoms with van der Waals surface area (Å²) in [6.07, 6.45) is 4.49. The second kappa shape index (κ2) is 11.1. The molecule has 1 amide bonds. The molecule has 0 aliphatic heterocycles. The van der Waals surface area contributed by atoms with E-state index in [-0.39, 0.29) is 28.0 Å². The Morgan fingerprint density at radius 3 is 2.89 bits per heavy atom. The maximum atomic E-state index is 13.3. The van der Waals surface area contributed by atoms with Crippen LogP contribution in [0.5, 0.6) is 5.75 Å². The Kier molecular flexibility index (Phi) is 7.97. The van der Waals surface area contributed by atoms with Crippen LogP contribution in [0.1, 0.15) is 29.4 Å². The van der Waals surface area contributed by atoms with E-state index in [1.807, 2.05) is 22.8 Å². The van der Waals surface area contributed by atoms with Gasteiger partial charge < -0.3 is 14.4 Å². The lowest BCUT2D eigenvalue weighted by Gasteiger charge is -2.15. The molecule has 10 nitrogen and oxygen atoms in total. The van der Waals surface area contributed by atoms with E-state index in [0.717, 1.165) is 27.7 Å². The SMILES string of the molecule is COc1ccncc1-c1sc(C(=O)Nc2nc3ccc(Br)cc3n2C[C@H](C)CCCO)cc1[N+](=O)[O-]. The number of amides is 1. The second-order valence-electron chi connectivity index (χ2n) is 8.26. The van der Waals surface area contributed by atoms with Crippen molar-refractivity contribution in [2.75, 3.05) is 19.0 Å². The lowest BCUT2D eigenvalue weighted by atomic mass is 10.1. The van der Waals surface area contributed by atoms with Crippen LogP contribution >= 0.6 is 27.3 Å². The molecule has 0 saturated heterocycles. The molecule has 0 aliphatic rings. The minimum Gasteiger partial charge on any atom is -0.496 e. The quantitative estimate of drug-likeness (QED) is 0.189. The number of carbonyl (C=O) groups is 1. The number of carbonyl (C=O) groups excluding carboxylic acids is 1. The minimum absolute atomic E-state index is 0.116. The Bertz CT molecular complexity index is 1420. The average Bonchev–Trinajstić information content (AvgIpc) is 3.45. The van der Waals surface area contributed by atoms with Crippen molar-refractivity contribution < 1.29 is 19.6 Å². The number of hydrogen-bond acceptors (Lipinski definition) is 8. The summed E-state index contributed by atoms with van der Waals surface area (Å²) in [5.41, 5.74) is 1.78. The van der Waals surface area contributed by atoms with E-state index in [0.29, 0.717) is 35.7 Å². The number of pyridine rings is 1. The van der Waals surface area contributed by atoms with E-state index in [9.17, 15) is 20.0 Å². The van der Waals surface area contributed by atoms with Crippen molar-refractivity contribution in [3.8, 4) is 16.2 Å². The summed E-state index contributed by atoms with van der Waals surface area (Å²) in [6, 6.07) is 8.52. The number of aliphatic hydroxyl groups is 1. The number of nitrogens with zero attached hydrogens (tertiary/aromatic N) is 4. The molecule has 188 valence electrons. The van der Waals surface area contributed by atoms with Gasteiger partial charge in [-0.2, -0.15) is 0 Å². The summed E-state index contributed by atoms with van der Waals surface area (Å²) >= 11 is 4.48. The van der Waals surface area contributed by atoms with Gasteiger partial charge in [0.15, 0.2) is 0 Å². The van der Waals surface area contributed by atoms with Crippen molar-refractivity contribution in [1.82, 2.24) is 14.5 Å². The van der Waals surface area contributed by atoms with Crippen LogP contribution in [0.4, 0.5) is 11.6 Å². The molecule has 0 aliphatic carbocycles. The zero-order chi connectivity index (χ0) is 25.8. The van der Waals surface area contributed by atoms with Gasteiger partial charge in [0.05, 0.1) is 33.5 Å². The predicted molar refractivity (Wildman–Crippen MR) is 142 cm³/mol. The first kappa shape index (κ1) is 25.7. The minimum atomic E-state index is -0.523. The fourth-order valence-corrected chi connectivity index (χ4v) is 5.32. The van der Waals surface area contributed by atoms with Gasteiger partial charge in [0, 0.05) is 36.1 Å². The number of benzene rings is 1. The number of hydrogen-bond donors (Lipinski definition) is 2. The third-order valence-electron chi connectivity index (χ3n) is 5.66. The summed E-state index contributed by atoms with van der Waals surface area (Å²) in [7, 11) is 1.47. The molecule has 0 radical (unpaired) electrons. The first-order valence-corrected chi connectivity index (χ1v) is 12.8. The summed E-state index contributed by atoms with van der Waals surface area (Å²) < 4.78 is 8.13. The lowest BCUT2D eigenvalue weighted by molar-refractivity contribution is -0.383. The zero-order valence-corrected chi connectivity index (χ0v) is 22.0. The van der Waals surface area contributed by atoms with E-state index in [1.54, 1.807) is 6.07 Å². The van der Waals surface area contributed by atoms with Crippen molar-refractivity contribution in [3.05, 3.63) is 62.2 Å². The highest BCUT2D eigenvalue weighted by atomic mass is 79.9. The number of nitro groups is 1. The number of thiophene rings is 1. The van der Waals surface area contributed by atoms with Crippen LogP contribution < -0.4 is 10.1 Å². The molecule has 4 rings (SSSR count). The summed E-state index contributed by atoms with van der Waals surface area (Å²) in [5, 5.41) is 23.8. The molecule has 2 N–H and O–H groups in total. The Labute approximate surface area is 219 Å². The fraction of sp³-hybridized carbons (Fsp3) is 0.292. The van der Waals surface area contributed by atoms with Crippen LogP contribution in [-0.4, -0.2) is 44.2 Å². The van der Waals surface area contributed by atoms with Crippen LogP contribution in [0.15, 0.2) is 47.2 Å². The smallest absolute Gasteiger partial charge is 0.288 e. The third kappa shape index (κ3) is 5.40. The predicted octanol–water partition coefficient (Wildman–Crippen LogP) is 5.50. The van der Waals surface area contributed by atoms with Gasteiger partial charge >= 0.3 is 0 Å². The van der Waals surface area contributed by atoms with Crippen molar-refractivity contribution in [3.63, 3.8) is 0 Å². The number of halogens is 1. The summed E-state index contributed by atoms with van der Waals surface area (Å²) in [4.78, 5) is 33.6. The number of methoxy groups -OCH3 is 1. The number of ether oxygens (including phenoxy) is 1. The van der Waals surface area contributed by atoms with Crippen molar-refractivity contribution in [2.24, 2.45) is 5.92 Å². The van der Waals surface area contributed by atoms with Gasteiger partial charge in [-0.05, 0) is 43.0 Å². The van der Waals surface area contributed by atoms with E-state index >= 15 is 0 Å². The average molecular weight is 574 g/mol. The zero-order valence-electron chi connectivity index (χ0n) is 19.6. The van der Waals surface area contributed by atoms with E-state index in [2.05, 4.69) is 38.1 Å². The Morgan fingerprint density at radius 1 is 1.36 bits per heavy atom. The highest BCUT2D eigenvalue weighted by molar-refractivity contribution is 9.10. The molecule has 3 heterocycles. The van der Waals surface area contributed by atoms with Crippen LogP contribution in [0.2, 0.25) is 0 Å². The summed E-state index contributed by atoms with van der Waals surface area (Å²) in [6.45, 7) is 2.76. The molecule has 0 spiro atoms. The highest BCUT2D eigenvalue weighted by Gasteiger charge is 2.27. The molecule has 0 saturated carbocycles. The first-order chi connectivity index (χ1) is 17.3. The van der Waals surface area contributed by atoms with Gasteiger partial charge in [-0.15, -0.1) is 11.3 Å². The van der Waals surface area contributed by atoms with Crippen LogP contribution in [0.3, 0.4) is 0 Å². The number of imidazole rings is 1. The maximum Gasteiger partial charge on any atom is 0.288 e. The Hall–Kier alpha value is -3.35. The number of aliphatic hydroxyl groups excluding tert-OH is 1. The normalized spacial score (nSPS) is 12.0. The molecule has 0 unspecified atom stereocenters. The largest absolute Gasteiger partial charge is 0.496 e. The Balaban J connectivity index is 1.70. The standard InChI is InChI=1S/C24H24BrN5O5S/c1-14(4-3-9-31)13-29-18-10-15(25)5-6-17(18)27-24(29)28-23(32)21-11-19(30(33)34)22(36-21)16-12-26-8-7-20(16)35-2/h5-8,10-12,14,31H,3-4,9,13H2,1-2H3,(H,27,28,32)/t14-/m1/s1. The molecule has 3 aromatic heterocycles. The number of rotatable bonds is 10. The molecule has 1 atom stereocenters. The van der Waals surface area contributed by atoms with Crippen molar-refractivity contribution >= 4 is 55.8 Å². The maximum absolute atomic E-state index is 13.3. The van der Waals surface area contributed by atoms with Gasteiger partial charge in [-0.25, -0.2) is 4.98 Å².